The zero-order chi connectivity index (χ0) is 17.6. The van der Waals surface area contributed by atoms with Gasteiger partial charge < -0.3 is 14.4 Å². The van der Waals surface area contributed by atoms with Gasteiger partial charge >= 0.3 is 0 Å². The summed E-state index contributed by atoms with van der Waals surface area (Å²) in [5.41, 5.74) is 5.24. The molecule has 25 heavy (non-hydrogen) atoms. The lowest BCUT2D eigenvalue weighted by atomic mass is 9.86. The van der Waals surface area contributed by atoms with Crippen molar-refractivity contribution in [3.05, 3.63) is 55.1 Å². The van der Waals surface area contributed by atoms with Gasteiger partial charge in [0.15, 0.2) is 0 Å². The Hall–Kier alpha value is -0.980. The van der Waals surface area contributed by atoms with E-state index in [0.29, 0.717) is 5.02 Å². The largest absolute Gasteiger partial charge is 0.495 e. The zero-order valence-electron chi connectivity index (χ0n) is 14.4. The average molecular weight is 470 g/mol. The molecular formula is C20H21ClINO2. The molecule has 0 saturated carbocycles. The summed E-state index contributed by atoms with van der Waals surface area (Å²) >= 11 is 8.81. The van der Waals surface area contributed by atoms with Crippen LogP contribution in [0.15, 0.2) is 24.3 Å². The number of benzene rings is 2. The van der Waals surface area contributed by atoms with Crippen molar-refractivity contribution in [2.24, 2.45) is 0 Å². The molecule has 132 valence electrons. The molecule has 2 aliphatic heterocycles. The third-order valence-electron chi connectivity index (χ3n) is 5.20. The molecule has 2 aromatic rings. The van der Waals surface area contributed by atoms with Crippen LogP contribution in [0.1, 0.15) is 28.2 Å². The minimum absolute atomic E-state index is 0.259. The van der Waals surface area contributed by atoms with Crippen molar-refractivity contribution in [3.63, 3.8) is 0 Å². The van der Waals surface area contributed by atoms with Crippen molar-refractivity contribution in [2.75, 3.05) is 33.9 Å². The number of nitrogens with zero attached hydrogens (tertiary/aromatic N) is 1. The predicted molar refractivity (Wildman–Crippen MR) is 109 cm³/mol. The van der Waals surface area contributed by atoms with Gasteiger partial charge in [-0.2, -0.15) is 0 Å². The van der Waals surface area contributed by atoms with E-state index in [1.54, 1.807) is 7.11 Å². The number of fused-ring (bicyclic) bond motifs is 2. The van der Waals surface area contributed by atoms with Crippen molar-refractivity contribution >= 4 is 34.2 Å². The van der Waals surface area contributed by atoms with E-state index in [1.807, 2.05) is 0 Å². The summed E-state index contributed by atoms with van der Waals surface area (Å²) in [6, 6.07) is 8.73. The molecule has 0 saturated heterocycles. The lowest BCUT2D eigenvalue weighted by Crippen LogP contribution is -2.24. The second kappa shape index (κ2) is 6.97. The summed E-state index contributed by atoms with van der Waals surface area (Å²) in [4.78, 5) is 2.40. The number of halogens is 2. The molecule has 0 amide bonds. The third kappa shape index (κ3) is 3.24. The second-order valence-corrected chi connectivity index (χ2v) is 8.48. The molecule has 0 spiro atoms. The number of ether oxygens (including phenoxy) is 2. The summed E-state index contributed by atoms with van der Waals surface area (Å²) < 4.78 is 12.8. The first-order valence-electron chi connectivity index (χ1n) is 8.56. The van der Waals surface area contributed by atoms with E-state index in [-0.39, 0.29) is 5.92 Å². The van der Waals surface area contributed by atoms with Gasteiger partial charge in [0, 0.05) is 34.6 Å². The molecule has 0 fully saturated rings. The van der Waals surface area contributed by atoms with Crippen LogP contribution in [0.25, 0.3) is 0 Å². The van der Waals surface area contributed by atoms with Gasteiger partial charge in [0.05, 0.1) is 18.7 Å². The topological polar surface area (TPSA) is 21.7 Å². The Balaban J connectivity index is 1.90. The smallest absolute Gasteiger partial charge is 0.137 e. The van der Waals surface area contributed by atoms with Gasteiger partial charge in [0.1, 0.15) is 11.5 Å². The molecule has 3 nitrogen and oxygen atoms in total. The maximum Gasteiger partial charge on any atom is 0.137 e. The summed E-state index contributed by atoms with van der Waals surface area (Å²) in [5.74, 6) is 2.09. The average Bonchev–Trinajstić information content (AvgIpc) is 2.99. The van der Waals surface area contributed by atoms with Gasteiger partial charge in [-0.15, -0.1) is 0 Å². The van der Waals surface area contributed by atoms with Crippen molar-refractivity contribution in [1.29, 1.82) is 0 Å². The molecule has 0 aromatic heterocycles. The van der Waals surface area contributed by atoms with Crippen molar-refractivity contribution in [2.45, 2.75) is 18.8 Å². The first-order chi connectivity index (χ1) is 12.1. The molecule has 0 N–H and O–H groups in total. The standard InChI is InChI=1S/C20H21ClINO2/c1-23-5-3-12-8-18(21)19(24-2)10-15(12)17(11-23)16-9-14(22)7-13-4-6-25-20(13)16/h7-10,17H,3-6,11H2,1-2H3. The highest BCUT2D eigenvalue weighted by atomic mass is 127. The number of methoxy groups -OCH3 is 1. The van der Waals surface area contributed by atoms with Gasteiger partial charge in [-0.05, 0) is 77.0 Å². The maximum atomic E-state index is 6.40. The molecule has 2 aromatic carbocycles. The molecule has 2 aliphatic rings. The fraction of sp³-hybridized carbons (Fsp3) is 0.400. The Morgan fingerprint density at radius 3 is 2.80 bits per heavy atom. The number of hydrogen-bond acceptors (Lipinski definition) is 3. The minimum atomic E-state index is 0.259. The van der Waals surface area contributed by atoms with E-state index in [9.17, 15) is 0 Å². The second-order valence-electron chi connectivity index (χ2n) is 6.83. The number of hydrogen-bond donors (Lipinski definition) is 0. The third-order valence-corrected chi connectivity index (χ3v) is 6.12. The fourth-order valence-electron chi connectivity index (χ4n) is 3.94. The monoisotopic (exact) mass is 469 g/mol. The van der Waals surface area contributed by atoms with E-state index in [0.717, 1.165) is 44.0 Å². The Morgan fingerprint density at radius 1 is 1.16 bits per heavy atom. The van der Waals surface area contributed by atoms with E-state index < -0.39 is 0 Å². The fourth-order valence-corrected chi connectivity index (χ4v) is 4.92. The van der Waals surface area contributed by atoms with E-state index in [4.69, 9.17) is 21.1 Å². The minimum Gasteiger partial charge on any atom is -0.495 e. The SMILES string of the molecule is COc1cc2c(cc1Cl)CCN(C)CC2c1cc(I)cc2c1OCC2. The van der Waals surface area contributed by atoms with Crippen LogP contribution in [-0.4, -0.2) is 38.8 Å². The van der Waals surface area contributed by atoms with Crippen LogP contribution in [0.3, 0.4) is 0 Å². The van der Waals surface area contributed by atoms with Crippen LogP contribution in [0.4, 0.5) is 0 Å². The van der Waals surface area contributed by atoms with Gasteiger partial charge in [-0.1, -0.05) is 11.6 Å². The molecular weight excluding hydrogens is 449 g/mol. The molecule has 2 heterocycles. The Morgan fingerprint density at radius 2 is 2.00 bits per heavy atom. The lowest BCUT2D eigenvalue weighted by molar-refractivity contribution is 0.326. The highest BCUT2D eigenvalue weighted by molar-refractivity contribution is 14.1. The Labute approximate surface area is 167 Å². The molecule has 1 atom stereocenters. The zero-order valence-corrected chi connectivity index (χ0v) is 17.4. The molecule has 0 bridgehead atoms. The van der Waals surface area contributed by atoms with Crippen molar-refractivity contribution in [3.8, 4) is 11.5 Å². The van der Waals surface area contributed by atoms with Crippen LogP contribution in [0.5, 0.6) is 11.5 Å². The molecule has 4 rings (SSSR count). The molecule has 1 unspecified atom stereocenters. The first kappa shape index (κ1) is 17.4. The Kier molecular flexibility index (Phi) is 4.86. The quantitative estimate of drug-likeness (QED) is 0.604. The molecule has 5 heteroatoms. The van der Waals surface area contributed by atoms with Gasteiger partial charge in [-0.25, -0.2) is 0 Å². The first-order valence-corrected chi connectivity index (χ1v) is 10.0. The molecule has 0 aliphatic carbocycles. The van der Waals surface area contributed by atoms with Crippen molar-refractivity contribution in [1.82, 2.24) is 4.90 Å². The summed E-state index contributed by atoms with van der Waals surface area (Å²) in [6.07, 6.45) is 2.00. The van der Waals surface area contributed by atoms with Crippen molar-refractivity contribution < 1.29 is 9.47 Å². The summed E-state index contributed by atoms with van der Waals surface area (Å²) in [5, 5.41) is 0.689. The van der Waals surface area contributed by atoms with Gasteiger partial charge in [0.25, 0.3) is 0 Å². The summed E-state index contributed by atoms with van der Waals surface area (Å²) in [6.45, 7) is 2.77. The van der Waals surface area contributed by atoms with Crippen LogP contribution >= 0.6 is 34.2 Å². The molecule has 0 radical (unpaired) electrons. The number of likely N-dealkylation sites (N-methyl/N-ethyl adjacent to an activating group) is 1. The highest BCUT2D eigenvalue weighted by Crippen LogP contribution is 2.43. The van der Waals surface area contributed by atoms with Crippen LogP contribution in [0, 0.1) is 3.57 Å². The lowest BCUT2D eigenvalue weighted by Gasteiger charge is -2.24. The van der Waals surface area contributed by atoms with E-state index in [2.05, 4.69) is 58.8 Å². The van der Waals surface area contributed by atoms with Gasteiger partial charge in [0.2, 0.25) is 0 Å². The van der Waals surface area contributed by atoms with Crippen LogP contribution < -0.4 is 9.47 Å². The number of rotatable bonds is 2. The predicted octanol–water partition coefficient (Wildman–Crippen LogP) is 4.51. The maximum absolute atomic E-state index is 6.40. The van der Waals surface area contributed by atoms with Crippen LogP contribution in [-0.2, 0) is 12.8 Å². The van der Waals surface area contributed by atoms with Crippen LogP contribution in [0.2, 0.25) is 5.02 Å². The summed E-state index contributed by atoms with van der Waals surface area (Å²) in [7, 11) is 3.87. The van der Waals surface area contributed by atoms with E-state index >= 15 is 0 Å². The van der Waals surface area contributed by atoms with Gasteiger partial charge in [-0.3, -0.25) is 0 Å². The van der Waals surface area contributed by atoms with E-state index in [1.165, 1.54) is 25.8 Å². The highest BCUT2D eigenvalue weighted by Gasteiger charge is 2.29. The normalized spacial score (nSPS) is 19.8. The Bertz CT molecular complexity index is 824.